The van der Waals surface area contributed by atoms with Crippen LogP contribution in [0.15, 0.2) is 23.0 Å². The number of hydrogen-bond acceptors (Lipinski definition) is 4. The fourth-order valence-corrected chi connectivity index (χ4v) is 4.90. The number of aromatic nitrogens is 2. The van der Waals surface area contributed by atoms with Gasteiger partial charge in [-0.3, -0.25) is 14.7 Å². The molecule has 2 aromatic heterocycles. The van der Waals surface area contributed by atoms with Gasteiger partial charge in [0.1, 0.15) is 15.7 Å². The van der Waals surface area contributed by atoms with Gasteiger partial charge in [0.2, 0.25) is 0 Å². The zero-order valence-electron chi connectivity index (χ0n) is 17.3. The maximum atomic E-state index is 13.1. The number of nitrogens with zero attached hydrogens (tertiary/aromatic N) is 2. The SMILES string of the molecule is Cc1cccc(NC(=O)Nc2sc3nc4n(c(=O)c3c2C)CC[C@@H](C)CC4)c1C. The first-order valence-electron chi connectivity index (χ1n) is 10.0. The van der Waals surface area contributed by atoms with E-state index in [0.29, 0.717) is 27.7 Å². The normalized spacial score (nSPS) is 16.3. The van der Waals surface area contributed by atoms with Crippen LogP contribution in [0.2, 0.25) is 0 Å². The summed E-state index contributed by atoms with van der Waals surface area (Å²) in [6.45, 7) is 8.80. The van der Waals surface area contributed by atoms with E-state index in [-0.39, 0.29) is 11.6 Å². The van der Waals surface area contributed by atoms with E-state index in [1.165, 1.54) is 11.3 Å². The van der Waals surface area contributed by atoms with Crippen molar-refractivity contribution in [1.29, 1.82) is 0 Å². The zero-order valence-corrected chi connectivity index (χ0v) is 18.1. The van der Waals surface area contributed by atoms with Gasteiger partial charge in [-0.25, -0.2) is 9.78 Å². The van der Waals surface area contributed by atoms with Crippen molar-refractivity contribution in [2.24, 2.45) is 5.92 Å². The summed E-state index contributed by atoms with van der Waals surface area (Å²) in [5.41, 5.74) is 3.73. The lowest BCUT2D eigenvalue weighted by Gasteiger charge is -2.11. The Morgan fingerprint density at radius 2 is 1.97 bits per heavy atom. The van der Waals surface area contributed by atoms with E-state index in [0.717, 1.165) is 47.5 Å². The summed E-state index contributed by atoms with van der Waals surface area (Å²) < 4.78 is 1.82. The van der Waals surface area contributed by atoms with Gasteiger partial charge in [0.25, 0.3) is 5.56 Å². The summed E-state index contributed by atoms with van der Waals surface area (Å²) >= 11 is 1.37. The fourth-order valence-electron chi connectivity index (χ4n) is 3.81. The third-order valence-corrected chi connectivity index (χ3v) is 7.02. The summed E-state index contributed by atoms with van der Waals surface area (Å²) in [7, 11) is 0. The molecule has 0 saturated carbocycles. The summed E-state index contributed by atoms with van der Waals surface area (Å²) in [5, 5.41) is 7.11. The molecule has 7 heteroatoms. The highest BCUT2D eigenvalue weighted by Gasteiger charge is 2.21. The van der Waals surface area contributed by atoms with Gasteiger partial charge < -0.3 is 5.32 Å². The molecule has 1 aliphatic rings. The standard InChI is InChI=1S/C22H26N4O2S/c1-12-8-9-17-24-20-18(21(27)26(17)11-10-12)15(4)19(29-20)25-22(28)23-16-7-5-6-13(2)14(16)3/h5-7,12H,8-11H2,1-4H3,(H2,23,25,28)/t12-/m0/s1. The molecule has 0 aliphatic carbocycles. The van der Waals surface area contributed by atoms with Gasteiger partial charge >= 0.3 is 6.03 Å². The van der Waals surface area contributed by atoms with Crippen LogP contribution in [-0.2, 0) is 13.0 Å². The van der Waals surface area contributed by atoms with Crippen molar-refractivity contribution in [3.8, 4) is 0 Å². The predicted octanol–water partition coefficient (Wildman–Crippen LogP) is 5.00. The number of nitrogens with one attached hydrogen (secondary N) is 2. The number of anilines is 2. The monoisotopic (exact) mass is 410 g/mol. The molecule has 6 nitrogen and oxygen atoms in total. The first kappa shape index (κ1) is 19.6. The number of carbonyl (C=O) groups excluding carboxylic acids is 1. The number of benzene rings is 1. The second-order valence-electron chi connectivity index (χ2n) is 7.98. The Bertz CT molecular complexity index is 1160. The third kappa shape index (κ3) is 3.67. The van der Waals surface area contributed by atoms with Gasteiger partial charge in [-0.1, -0.05) is 30.4 Å². The highest BCUT2D eigenvalue weighted by molar-refractivity contribution is 7.22. The molecule has 0 spiro atoms. The molecule has 2 N–H and O–H groups in total. The summed E-state index contributed by atoms with van der Waals surface area (Å²) in [5.74, 6) is 1.46. The smallest absolute Gasteiger partial charge is 0.307 e. The maximum absolute atomic E-state index is 13.1. The molecule has 29 heavy (non-hydrogen) atoms. The van der Waals surface area contributed by atoms with Crippen LogP contribution >= 0.6 is 11.3 Å². The molecule has 1 aromatic carbocycles. The third-order valence-electron chi connectivity index (χ3n) is 5.92. The molecule has 1 aliphatic heterocycles. The molecule has 3 heterocycles. The van der Waals surface area contributed by atoms with Gasteiger partial charge in [0.15, 0.2) is 0 Å². The van der Waals surface area contributed by atoms with Gasteiger partial charge in [0, 0.05) is 18.7 Å². The molecule has 1 atom stereocenters. The molecular weight excluding hydrogens is 384 g/mol. The quantitative estimate of drug-likeness (QED) is 0.624. The highest BCUT2D eigenvalue weighted by atomic mass is 32.1. The van der Waals surface area contributed by atoms with E-state index in [9.17, 15) is 9.59 Å². The van der Waals surface area contributed by atoms with Crippen LogP contribution in [0, 0.1) is 26.7 Å². The molecule has 0 unspecified atom stereocenters. The average molecular weight is 411 g/mol. The van der Waals surface area contributed by atoms with Crippen LogP contribution in [0.1, 0.15) is 42.3 Å². The molecular formula is C22H26N4O2S. The lowest BCUT2D eigenvalue weighted by molar-refractivity contribution is 0.262. The predicted molar refractivity (Wildman–Crippen MR) is 119 cm³/mol. The second kappa shape index (κ2) is 7.63. The Hall–Kier alpha value is -2.67. The topological polar surface area (TPSA) is 76.0 Å². The van der Waals surface area contributed by atoms with Gasteiger partial charge in [-0.05, 0) is 62.3 Å². The van der Waals surface area contributed by atoms with Crippen LogP contribution in [0.5, 0.6) is 0 Å². The van der Waals surface area contributed by atoms with E-state index in [1.54, 1.807) is 0 Å². The van der Waals surface area contributed by atoms with E-state index in [1.807, 2.05) is 43.5 Å². The molecule has 0 saturated heterocycles. The summed E-state index contributed by atoms with van der Waals surface area (Å²) in [6, 6.07) is 5.50. The van der Waals surface area contributed by atoms with Crippen LogP contribution in [0.25, 0.3) is 10.2 Å². The van der Waals surface area contributed by atoms with E-state index in [4.69, 9.17) is 4.98 Å². The van der Waals surface area contributed by atoms with E-state index in [2.05, 4.69) is 17.6 Å². The number of urea groups is 1. The summed E-state index contributed by atoms with van der Waals surface area (Å²) in [4.78, 5) is 31.2. The van der Waals surface area contributed by atoms with Crippen molar-refractivity contribution in [3.05, 3.63) is 51.1 Å². The van der Waals surface area contributed by atoms with Crippen LogP contribution in [0.4, 0.5) is 15.5 Å². The lowest BCUT2D eigenvalue weighted by Crippen LogP contribution is -2.24. The Balaban J connectivity index is 1.64. The van der Waals surface area contributed by atoms with Gasteiger partial charge in [-0.15, -0.1) is 0 Å². The molecule has 4 rings (SSSR count). The Morgan fingerprint density at radius 1 is 1.17 bits per heavy atom. The van der Waals surface area contributed by atoms with Crippen molar-refractivity contribution in [2.75, 3.05) is 10.6 Å². The highest BCUT2D eigenvalue weighted by Crippen LogP contribution is 2.33. The Kier molecular flexibility index (Phi) is 5.17. The Morgan fingerprint density at radius 3 is 2.76 bits per heavy atom. The molecule has 0 radical (unpaired) electrons. The number of rotatable bonds is 2. The molecule has 3 aromatic rings. The number of hydrogen-bond donors (Lipinski definition) is 2. The molecule has 0 fully saturated rings. The number of aryl methyl sites for hydroxylation is 3. The van der Waals surface area contributed by atoms with E-state index >= 15 is 0 Å². The van der Waals surface area contributed by atoms with Crippen molar-refractivity contribution in [1.82, 2.24) is 9.55 Å². The van der Waals surface area contributed by atoms with Crippen molar-refractivity contribution < 1.29 is 4.79 Å². The fraction of sp³-hybridized carbons (Fsp3) is 0.409. The minimum Gasteiger partial charge on any atom is -0.307 e. The first-order valence-corrected chi connectivity index (χ1v) is 10.8. The van der Waals surface area contributed by atoms with Gasteiger partial charge in [-0.2, -0.15) is 0 Å². The largest absolute Gasteiger partial charge is 0.324 e. The van der Waals surface area contributed by atoms with Crippen LogP contribution in [-0.4, -0.2) is 15.6 Å². The average Bonchev–Trinajstić information content (AvgIpc) is 2.85. The minimum absolute atomic E-state index is 0.0100. The minimum atomic E-state index is -0.316. The zero-order chi connectivity index (χ0) is 20.7. The number of carbonyl (C=O) groups is 1. The van der Waals surface area contributed by atoms with Crippen LogP contribution < -0.4 is 16.2 Å². The van der Waals surface area contributed by atoms with Crippen LogP contribution in [0.3, 0.4) is 0 Å². The lowest BCUT2D eigenvalue weighted by atomic mass is 10.0. The van der Waals surface area contributed by atoms with Crippen molar-refractivity contribution >= 4 is 38.3 Å². The molecule has 152 valence electrons. The molecule has 2 amide bonds. The first-order chi connectivity index (χ1) is 13.8. The van der Waals surface area contributed by atoms with Crippen molar-refractivity contribution in [2.45, 2.75) is 53.5 Å². The maximum Gasteiger partial charge on any atom is 0.324 e. The van der Waals surface area contributed by atoms with Crippen molar-refractivity contribution in [3.63, 3.8) is 0 Å². The number of amides is 2. The summed E-state index contributed by atoms with van der Waals surface area (Å²) in [6.07, 6.45) is 2.86. The Labute approximate surface area is 174 Å². The molecule has 0 bridgehead atoms. The number of fused-ring (bicyclic) bond motifs is 2. The number of thiophene rings is 1. The van der Waals surface area contributed by atoms with Gasteiger partial charge in [0.05, 0.1) is 5.39 Å². The van der Waals surface area contributed by atoms with E-state index < -0.39 is 0 Å². The second-order valence-corrected chi connectivity index (χ2v) is 8.98.